The van der Waals surface area contributed by atoms with E-state index in [0.717, 1.165) is 21.6 Å². The van der Waals surface area contributed by atoms with Crippen LogP contribution in [0.1, 0.15) is 16.3 Å². The molecule has 0 fully saturated rings. The molecule has 0 aliphatic heterocycles. The van der Waals surface area contributed by atoms with Gasteiger partial charge in [0.2, 0.25) is 0 Å². The third-order valence-corrected chi connectivity index (χ3v) is 8.09. The average molecular weight is 455 g/mol. The molecule has 0 saturated heterocycles. The van der Waals surface area contributed by atoms with Crippen molar-refractivity contribution in [3.8, 4) is 0 Å². The van der Waals surface area contributed by atoms with E-state index in [1.165, 1.54) is 47.7 Å². The topological polar surface area (TPSA) is 84.4 Å². The number of benzene rings is 2. The van der Waals surface area contributed by atoms with Crippen LogP contribution >= 0.6 is 11.3 Å². The number of anilines is 1. The molecule has 1 aromatic heterocycles. The largest absolute Gasteiger partial charge is 0.264 e. The van der Waals surface area contributed by atoms with Crippen molar-refractivity contribution in [2.45, 2.75) is 30.2 Å². The number of sulfonamides is 1. The number of halogens is 1. The van der Waals surface area contributed by atoms with E-state index in [0.29, 0.717) is 11.3 Å². The zero-order valence-corrected chi connectivity index (χ0v) is 18.4. The third kappa shape index (κ3) is 4.65. The minimum absolute atomic E-state index is 0.0686. The van der Waals surface area contributed by atoms with Crippen LogP contribution in [-0.4, -0.2) is 28.1 Å². The summed E-state index contributed by atoms with van der Waals surface area (Å²) in [7, 11) is -7.76. The Morgan fingerprint density at radius 2 is 1.69 bits per heavy atom. The van der Waals surface area contributed by atoms with E-state index < -0.39 is 25.7 Å². The minimum atomic E-state index is -4.16. The fourth-order valence-electron chi connectivity index (χ4n) is 2.76. The number of rotatable bonds is 6. The molecular weight excluding hydrogens is 435 g/mol. The molecule has 0 atom stereocenters. The number of hydrogen-bond acceptors (Lipinski definition) is 6. The number of hydrogen-bond donors (Lipinski definition) is 0. The summed E-state index contributed by atoms with van der Waals surface area (Å²) in [6.45, 7) is 3.33. The molecule has 0 saturated carbocycles. The summed E-state index contributed by atoms with van der Waals surface area (Å²) in [5.41, 5.74) is 1.19. The van der Waals surface area contributed by atoms with Gasteiger partial charge in [0.25, 0.3) is 10.0 Å². The summed E-state index contributed by atoms with van der Waals surface area (Å²) in [5.74, 6) is -0.495. The van der Waals surface area contributed by atoms with Crippen molar-refractivity contribution in [2.24, 2.45) is 0 Å². The Morgan fingerprint density at radius 3 is 2.24 bits per heavy atom. The van der Waals surface area contributed by atoms with Gasteiger partial charge in [0.1, 0.15) is 5.82 Å². The van der Waals surface area contributed by atoms with E-state index in [1.54, 1.807) is 12.3 Å². The van der Waals surface area contributed by atoms with E-state index in [2.05, 4.69) is 4.98 Å². The molecule has 0 amide bonds. The number of sulfone groups is 1. The van der Waals surface area contributed by atoms with Gasteiger partial charge in [-0.05, 0) is 55.8 Å². The Kier molecular flexibility index (Phi) is 5.79. The second-order valence-corrected chi connectivity index (χ2v) is 11.5. The number of nitrogens with zero attached hydrogens (tertiary/aromatic N) is 2. The van der Waals surface area contributed by atoms with Crippen molar-refractivity contribution in [1.82, 2.24) is 4.98 Å². The van der Waals surface area contributed by atoms with Crippen LogP contribution in [0, 0.1) is 19.7 Å². The van der Waals surface area contributed by atoms with Crippen molar-refractivity contribution in [3.63, 3.8) is 0 Å². The highest BCUT2D eigenvalue weighted by atomic mass is 32.2. The molecule has 3 aromatic rings. The Hall–Kier alpha value is -2.30. The summed E-state index contributed by atoms with van der Waals surface area (Å²) in [4.78, 5) is 4.10. The second kappa shape index (κ2) is 7.85. The lowest BCUT2D eigenvalue weighted by Gasteiger charge is -2.25. The van der Waals surface area contributed by atoms with Gasteiger partial charge >= 0.3 is 0 Å². The summed E-state index contributed by atoms with van der Waals surface area (Å²) < 4.78 is 65.5. The molecule has 0 bridgehead atoms. The molecule has 154 valence electrons. The first-order chi connectivity index (χ1) is 13.5. The quantitative estimate of drug-likeness (QED) is 0.567. The summed E-state index contributed by atoms with van der Waals surface area (Å²) in [6, 6.07) is 9.05. The fraction of sp³-hybridized carbons (Fsp3) is 0.211. The van der Waals surface area contributed by atoms with Crippen LogP contribution in [0.15, 0.2) is 57.6 Å². The lowest BCUT2D eigenvalue weighted by atomic mass is 10.2. The third-order valence-electron chi connectivity index (χ3n) is 4.24. The molecule has 29 heavy (non-hydrogen) atoms. The molecule has 0 radical (unpaired) electrons. The van der Waals surface area contributed by atoms with Gasteiger partial charge in [-0.15, -0.1) is 11.3 Å². The highest BCUT2D eigenvalue weighted by Crippen LogP contribution is 2.29. The van der Waals surface area contributed by atoms with Crippen LogP contribution in [0.3, 0.4) is 0 Å². The molecule has 0 N–H and O–H groups in total. The molecule has 0 unspecified atom stereocenters. The van der Waals surface area contributed by atoms with Crippen molar-refractivity contribution >= 4 is 36.9 Å². The van der Waals surface area contributed by atoms with Gasteiger partial charge in [0, 0.05) is 11.6 Å². The van der Waals surface area contributed by atoms with Crippen molar-refractivity contribution in [2.75, 3.05) is 10.6 Å². The van der Waals surface area contributed by atoms with Crippen molar-refractivity contribution in [3.05, 3.63) is 69.9 Å². The fourth-order valence-corrected chi connectivity index (χ4v) is 5.77. The summed E-state index contributed by atoms with van der Waals surface area (Å²) in [6.07, 6.45) is 1.02. The molecule has 2 aromatic carbocycles. The highest BCUT2D eigenvalue weighted by Gasteiger charge is 2.28. The molecule has 6 nitrogen and oxygen atoms in total. The predicted octanol–water partition coefficient (Wildman–Crippen LogP) is 3.70. The van der Waals surface area contributed by atoms with Crippen LogP contribution < -0.4 is 4.31 Å². The molecule has 10 heteroatoms. The second-order valence-electron chi connectivity index (χ2n) is 6.55. The Balaban J connectivity index is 2.17. The maximum Gasteiger partial charge on any atom is 0.264 e. The summed E-state index contributed by atoms with van der Waals surface area (Å²) >= 11 is 1.39. The Morgan fingerprint density at radius 1 is 1.03 bits per heavy atom. The van der Waals surface area contributed by atoms with Crippen LogP contribution in [0.4, 0.5) is 10.1 Å². The lowest BCUT2D eigenvalue weighted by Crippen LogP contribution is -2.31. The first-order valence-electron chi connectivity index (χ1n) is 8.48. The number of thiazole rings is 1. The first kappa shape index (κ1) is 21.4. The van der Waals surface area contributed by atoms with Crippen LogP contribution in [0.25, 0.3) is 0 Å². The van der Waals surface area contributed by atoms with E-state index >= 15 is 0 Å². The molecule has 1 heterocycles. The van der Waals surface area contributed by atoms with Gasteiger partial charge in [0.05, 0.1) is 32.7 Å². The van der Waals surface area contributed by atoms with Gasteiger partial charge in [-0.1, -0.05) is 6.07 Å². The van der Waals surface area contributed by atoms with E-state index in [9.17, 15) is 21.2 Å². The van der Waals surface area contributed by atoms with E-state index in [1.807, 2.05) is 6.92 Å². The molecule has 0 aliphatic carbocycles. The van der Waals surface area contributed by atoms with E-state index in [-0.39, 0.29) is 22.0 Å². The smallest absolute Gasteiger partial charge is 0.260 e. The van der Waals surface area contributed by atoms with Crippen molar-refractivity contribution in [1.29, 1.82) is 0 Å². The first-order valence-corrected chi connectivity index (χ1v) is 12.7. The Bertz CT molecular complexity index is 1250. The maximum absolute atomic E-state index is 13.5. The predicted molar refractivity (Wildman–Crippen MR) is 111 cm³/mol. The van der Waals surface area contributed by atoms with Gasteiger partial charge in [-0.3, -0.25) is 4.31 Å². The number of aromatic nitrogens is 1. The zero-order chi connectivity index (χ0) is 21.4. The van der Waals surface area contributed by atoms with Gasteiger partial charge in [-0.25, -0.2) is 26.2 Å². The maximum atomic E-state index is 13.5. The van der Waals surface area contributed by atoms with Crippen LogP contribution in [0.2, 0.25) is 0 Å². The van der Waals surface area contributed by atoms with E-state index in [4.69, 9.17) is 0 Å². The SMILES string of the molecule is Cc1nc(CN(c2ccc(F)cc2)S(=O)(=O)c2cc(S(C)(=O)=O)ccc2C)cs1. The Labute approximate surface area is 173 Å². The standard InChI is InChI=1S/C19H19FN2O4S3/c1-13-4-9-18(28(3,23)24)10-19(13)29(25,26)22(11-16-12-27-14(2)21-16)17-7-5-15(20)6-8-17/h4-10,12H,11H2,1-3H3. The minimum Gasteiger partial charge on any atom is -0.260 e. The highest BCUT2D eigenvalue weighted by molar-refractivity contribution is 7.93. The monoisotopic (exact) mass is 454 g/mol. The molecule has 0 aliphatic rings. The van der Waals surface area contributed by atoms with Crippen molar-refractivity contribution < 1.29 is 21.2 Å². The average Bonchev–Trinajstić information content (AvgIpc) is 3.05. The lowest BCUT2D eigenvalue weighted by molar-refractivity contribution is 0.588. The molecule has 0 spiro atoms. The van der Waals surface area contributed by atoms with Gasteiger partial charge in [-0.2, -0.15) is 0 Å². The van der Waals surface area contributed by atoms with Crippen LogP contribution in [-0.2, 0) is 26.4 Å². The zero-order valence-electron chi connectivity index (χ0n) is 16.0. The molecule has 3 rings (SSSR count). The summed E-state index contributed by atoms with van der Waals surface area (Å²) in [5, 5.41) is 2.54. The van der Waals surface area contributed by atoms with Gasteiger partial charge < -0.3 is 0 Å². The van der Waals surface area contributed by atoms with Gasteiger partial charge in [0.15, 0.2) is 9.84 Å². The number of aryl methyl sites for hydroxylation is 2. The van der Waals surface area contributed by atoms with Crippen LogP contribution in [0.5, 0.6) is 0 Å². The molecular formula is C19H19FN2O4S3. The normalized spacial score (nSPS) is 12.1.